The van der Waals surface area contributed by atoms with Crippen LogP contribution in [0.1, 0.15) is 31.4 Å². The van der Waals surface area contributed by atoms with Gasteiger partial charge in [0.2, 0.25) is 0 Å². The van der Waals surface area contributed by atoms with Crippen LogP contribution in [0, 0.1) is 6.92 Å². The molecule has 0 saturated carbocycles. The Morgan fingerprint density at radius 2 is 2.00 bits per heavy atom. The fraction of sp³-hybridized carbons (Fsp3) is 0.625. The molecule has 0 radical (unpaired) electrons. The number of nitrogens with zero attached hydrogens (tertiary/aromatic N) is 1. The lowest BCUT2D eigenvalue weighted by Crippen LogP contribution is -2.61. The quantitative estimate of drug-likeness (QED) is 0.870. The maximum Gasteiger partial charge on any atom is 0.0446 e. The molecule has 1 aromatic rings. The SMILES string of the molecule is Cc1ccc(CN2CC(C)(C)NCC2CCO)cc1. The average Bonchev–Trinajstić information content (AvgIpc) is 2.35. The minimum atomic E-state index is 0.149. The van der Waals surface area contributed by atoms with Gasteiger partial charge < -0.3 is 10.4 Å². The first-order valence-electron chi connectivity index (χ1n) is 7.16. The molecule has 1 aliphatic heterocycles. The maximum atomic E-state index is 9.21. The average molecular weight is 262 g/mol. The molecular formula is C16H26N2O. The highest BCUT2D eigenvalue weighted by atomic mass is 16.3. The van der Waals surface area contributed by atoms with Crippen molar-refractivity contribution in [3.05, 3.63) is 35.4 Å². The summed E-state index contributed by atoms with van der Waals surface area (Å²) >= 11 is 0. The summed E-state index contributed by atoms with van der Waals surface area (Å²) in [6, 6.07) is 9.19. The summed E-state index contributed by atoms with van der Waals surface area (Å²) in [6.07, 6.45) is 0.842. The number of hydrogen-bond acceptors (Lipinski definition) is 3. The van der Waals surface area contributed by atoms with Gasteiger partial charge in [-0.05, 0) is 32.8 Å². The van der Waals surface area contributed by atoms with Gasteiger partial charge in [0.25, 0.3) is 0 Å². The lowest BCUT2D eigenvalue weighted by Gasteiger charge is -2.44. The Kier molecular flexibility index (Phi) is 4.61. The van der Waals surface area contributed by atoms with E-state index >= 15 is 0 Å². The van der Waals surface area contributed by atoms with Crippen LogP contribution in [0.3, 0.4) is 0 Å². The molecule has 0 bridgehead atoms. The Hall–Kier alpha value is -0.900. The summed E-state index contributed by atoms with van der Waals surface area (Å²) in [5.41, 5.74) is 2.80. The van der Waals surface area contributed by atoms with Crippen LogP contribution in [-0.2, 0) is 6.54 Å². The second-order valence-corrected chi connectivity index (χ2v) is 6.32. The molecule has 106 valence electrons. The first kappa shape index (κ1) is 14.5. The van der Waals surface area contributed by atoms with E-state index in [-0.39, 0.29) is 12.1 Å². The van der Waals surface area contributed by atoms with Gasteiger partial charge in [-0.3, -0.25) is 4.90 Å². The van der Waals surface area contributed by atoms with E-state index in [0.717, 1.165) is 26.1 Å². The van der Waals surface area contributed by atoms with Gasteiger partial charge in [0.15, 0.2) is 0 Å². The molecule has 2 N–H and O–H groups in total. The molecule has 0 aromatic heterocycles. The van der Waals surface area contributed by atoms with E-state index in [0.29, 0.717) is 6.04 Å². The molecule has 1 aromatic carbocycles. The third kappa shape index (κ3) is 4.03. The summed E-state index contributed by atoms with van der Waals surface area (Å²) in [6.45, 7) is 9.80. The highest BCUT2D eigenvalue weighted by molar-refractivity contribution is 5.21. The molecule has 1 saturated heterocycles. The standard InChI is InChI=1S/C16H26N2O/c1-13-4-6-14(7-5-13)11-18-12-16(2,3)17-10-15(18)8-9-19/h4-7,15,17,19H,8-12H2,1-3H3. The van der Waals surface area contributed by atoms with Gasteiger partial charge in [0.1, 0.15) is 0 Å². The fourth-order valence-corrected chi connectivity index (χ4v) is 2.76. The number of piperazine rings is 1. The van der Waals surface area contributed by atoms with Crippen LogP contribution in [-0.4, -0.2) is 41.3 Å². The van der Waals surface area contributed by atoms with Crippen molar-refractivity contribution in [1.82, 2.24) is 10.2 Å². The molecule has 1 fully saturated rings. The zero-order valence-corrected chi connectivity index (χ0v) is 12.3. The maximum absolute atomic E-state index is 9.21. The Balaban J connectivity index is 2.06. The number of rotatable bonds is 4. The zero-order chi connectivity index (χ0) is 13.9. The molecule has 3 nitrogen and oxygen atoms in total. The van der Waals surface area contributed by atoms with Gasteiger partial charge in [0.05, 0.1) is 0 Å². The van der Waals surface area contributed by atoms with Crippen LogP contribution in [0.2, 0.25) is 0 Å². The Bertz CT molecular complexity index is 400. The lowest BCUT2D eigenvalue weighted by atomic mass is 9.96. The Labute approximate surface area is 116 Å². The zero-order valence-electron chi connectivity index (χ0n) is 12.3. The van der Waals surface area contributed by atoms with Gasteiger partial charge in [0, 0.05) is 37.8 Å². The van der Waals surface area contributed by atoms with E-state index in [4.69, 9.17) is 0 Å². The number of benzene rings is 1. The summed E-state index contributed by atoms with van der Waals surface area (Å²) in [5, 5.41) is 12.8. The fourth-order valence-electron chi connectivity index (χ4n) is 2.76. The number of hydrogen-bond donors (Lipinski definition) is 2. The predicted molar refractivity (Wildman–Crippen MR) is 79.2 cm³/mol. The van der Waals surface area contributed by atoms with Crippen molar-refractivity contribution in [3.63, 3.8) is 0 Å². The van der Waals surface area contributed by atoms with E-state index in [1.807, 2.05) is 0 Å². The predicted octanol–water partition coefficient (Wildman–Crippen LogP) is 1.93. The van der Waals surface area contributed by atoms with E-state index in [2.05, 4.69) is 55.3 Å². The molecule has 2 rings (SSSR count). The van der Waals surface area contributed by atoms with Gasteiger partial charge in [-0.1, -0.05) is 29.8 Å². The largest absolute Gasteiger partial charge is 0.396 e. The van der Waals surface area contributed by atoms with Crippen molar-refractivity contribution in [2.24, 2.45) is 0 Å². The van der Waals surface area contributed by atoms with Crippen molar-refractivity contribution >= 4 is 0 Å². The molecular weight excluding hydrogens is 236 g/mol. The van der Waals surface area contributed by atoms with Gasteiger partial charge in [-0.15, -0.1) is 0 Å². The summed E-state index contributed by atoms with van der Waals surface area (Å²) in [5.74, 6) is 0. The Morgan fingerprint density at radius 3 is 2.63 bits per heavy atom. The number of aliphatic hydroxyl groups excluding tert-OH is 1. The van der Waals surface area contributed by atoms with Crippen molar-refractivity contribution in [2.75, 3.05) is 19.7 Å². The molecule has 19 heavy (non-hydrogen) atoms. The smallest absolute Gasteiger partial charge is 0.0446 e. The van der Waals surface area contributed by atoms with E-state index in [1.165, 1.54) is 11.1 Å². The molecule has 0 spiro atoms. The minimum Gasteiger partial charge on any atom is -0.396 e. The van der Waals surface area contributed by atoms with E-state index < -0.39 is 0 Å². The van der Waals surface area contributed by atoms with Crippen LogP contribution in [0.5, 0.6) is 0 Å². The van der Waals surface area contributed by atoms with Crippen LogP contribution in [0.25, 0.3) is 0 Å². The van der Waals surface area contributed by atoms with Crippen molar-refractivity contribution in [2.45, 2.75) is 45.3 Å². The molecule has 1 heterocycles. The van der Waals surface area contributed by atoms with Crippen molar-refractivity contribution in [1.29, 1.82) is 0 Å². The van der Waals surface area contributed by atoms with Gasteiger partial charge in [-0.2, -0.15) is 0 Å². The minimum absolute atomic E-state index is 0.149. The normalized spacial score (nSPS) is 23.5. The van der Waals surface area contributed by atoms with Gasteiger partial charge in [-0.25, -0.2) is 0 Å². The summed E-state index contributed by atoms with van der Waals surface area (Å²) in [7, 11) is 0. The van der Waals surface area contributed by atoms with Crippen LogP contribution < -0.4 is 5.32 Å². The summed E-state index contributed by atoms with van der Waals surface area (Å²) < 4.78 is 0. The Morgan fingerprint density at radius 1 is 1.32 bits per heavy atom. The monoisotopic (exact) mass is 262 g/mol. The van der Waals surface area contributed by atoms with Crippen molar-refractivity contribution in [3.8, 4) is 0 Å². The molecule has 1 unspecified atom stereocenters. The highest BCUT2D eigenvalue weighted by Gasteiger charge is 2.31. The van der Waals surface area contributed by atoms with E-state index in [1.54, 1.807) is 0 Å². The van der Waals surface area contributed by atoms with Gasteiger partial charge >= 0.3 is 0 Å². The van der Waals surface area contributed by atoms with Crippen molar-refractivity contribution < 1.29 is 5.11 Å². The number of nitrogens with one attached hydrogen (secondary N) is 1. The second-order valence-electron chi connectivity index (χ2n) is 6.32. The number of aryl methyl sites for hydroxylation is 1. The van der Waals surface area contributed by atoms with Crippen LogP contribution in [0.15, 0.2) is 24.3 Å². The first-order chi connectivity index (χ1) is 9.00. The third-order valence-electron chi connectivity index (χ3n) is 3.90. The molecule has 3 heteroatoms. The number of aliphatic hydroxyl groups is 1. The molecule has 0 amide bonds. The molecule has 1 atom stereocenters. The summed E-state index contributed by atoms with van der Waals surface area (Å²) in [4.78, 5) is 2.50. The molecule has 1 aliphatic rings. The van der Waals surface area contributed by atoms with Crippen LogP contribution >= 0.6 is 0 Å². The van der Waals surface area contributed by atoms with E-state index in [9.17, 15) is 5.11 Å². The second kappa shape index (κ2) is 6.04. The van der Waals surface area contributed by atoms with Crippen LogP contribution in [0.4, 0.5) is 0 Å². The third-order valence-corrected chi connectivity index (χ3v) is 3.90. The highest BCUT2D eigenvalue weighted by Crippen LogP contribution is 2.20. The lowest BCUT2D eigenvalue weighted by molar-refractivity contribution is 0.0716. The first-order valence-corrected chi connectivity index (χ1v) is 7.16. The topological polar surface area (TPSA) is 35.5 Å². The molecule has 0 aliphatic carbocycles.